The molecule has 1 saturated heterocycles. The van der Waals surface area contributed by atoms with E-state index in [4.69, 9.17) is 11.6 Å². The van der Waals surface area contributed by atoms with Crippen LogP contribution in [0.1, 0.15) is 22.7 Å². The number of aryl methyl sites for hydroxylation is 1. The Labute approximate surface area is 131 Å². The van der Waals surface area contributed by atoms with E-state index in [1.807, 2.05) is 38.1 Å². The molecule has 6 heteroatoms. The number of amides is 1. The summed E-state index contributed by atoms with van der Waals surface area (Å²) in [7, 11) is 0. The van der Waals surface area contributed by atoms with Crippen LogP contribution in [-0.2, 0) is 4.79 Å². The third-order valence-electron chi connectivity index (χ3n) is 3.12. The van der Waals surface area contributed by atoms with E-state index >= 15 is 0 Å². The molecule has 1 aromatic heterocycles. The zero-order valence-electron chi connectivity index (χ0n) is 11.0. The molecule has 0 spiro atoms. The highest BCUT2D eigenvalue weighted by atomic mass is 35.5. The molecule has 0 saturated carbocycles. The number of hydrogen-bond acceptors (Lipinski definition) is 4. The van der Waals surface area contributed by atoms with Crippen LogP contribution in [0.25, 0.3) is 0 Å². The summed E-state index contributed by atoms with van der Waals surface area (Å²) in [5, 5.41) is 1.39. The minimum atomic E-state index is -0.0557. The molecule has 2 aromatic rings. The Morgan fingerprint density at radius 2 is 2.00 bits per heavy atom. The molecule has 0 aliphatic carbocycles. The second-order valence-electron chi connectivity index (χ2n) is 4.64. The third kappa shape index (κ3) is 2.45. The van der Waals surface area contributed by atoms with Gasteiger partial charge in [0.2, 0.25) is 5.91 Å². The van der Waals surface area contributed by atoms with E-state index in [0.29, 0.717) is 5.02 Å². The van der Waals surface area contributed by atoms with Crippen molar-refractivity contribution in [1.82, 2.24) is 4.98 Å². The minimum Gasteiger partial charge on any atom is -0.273 e. The molecule has 1 aromatic carbocycles. The van der Waals surface area contributed by atoms with Gasteiger partial charge in [-0.3, -0.25) is 9.69 Å². The highest BCUT2D eigenvalue weighted by Gasteiger charge is 2.40. The summed E-state index contributed by atoms with van der Waals surface area (Å²) >= 11 is 9.13. The Balaban J connectivity index is 2.00. The van der Waals surface area contributed by atoms with Crippen molar-refractivity contribution in [2.24, 2.45) is 0 Å². The van der Waals surface area contributed by atoms with Crippen molar-refractivity contribution < 1.29 is 4.79 Å². The maximum absolute atomic E-state index is 12.4. The van der Waals surface area contributed by atoms with Gasteiger partial charge in [0.15, 0.2) is 5.13 Å². The maximum atomic E-state index is 12.4. The first-order valence-corrected chi connectivity index (χ1v) is 8.36. The topological polar surface area (TPSA) is 33.2 Å². The summed E-state index contributed by atoms with van der Waals surface area (Å²) in [4.78, 5) is 19.7. The molecule has 0 N–H and O–H groups in total. The second-order valence-corrected chi connectivity index (χ2v) is 7.72. The van der Waals surface area contributed by atoms with E-state index in [1.165, 1.54) is 0 Å². The quantitative estimate of drug-likeness (QED) is 0.827. The van der Waals surface area contributed by atoms with E-state index in [9.17, 15) is 4.79 Å². The lowest BCUT2D eigenvalue weighted by atomic mass is 10.2. The lowest BCUT2D eigenvalue weighted by molar-refractivity contribution is -0.117. The fraction of sp³-hybridized carbons (Fsp3) is 0.286. The maximum Gasteiger partial charge on any atom is 0.242 e. The molecule has 2 heterocycles. The van der Waals surface area contributed by atoms with Crippen LogP contribution in [0.3, 0.4) is 0 Å². The number of nitrogens with zero attached hydrogens (tertiary/aromatic N) is 2. The Kier molecular flexibility index (Phi) is 3.75. The van der Waals surface area contributed by atoms with Gasteiger partial charge in [0.25, 0.3) is 0 Å². The van der Waals surface area contributed by atoms with Gasteiger partial charge in [-0.15, -0.1) is 23.1 Å². The van der Waals surface area contributed by atoms with Gasteiger partial charge in [0.05, 0.1) is 5.25 Å². The van der Waals surface area contributed by atoms with Gasteiger partial charge in [-0.2, -0.15) is 0 Å². The predicted molar refractivity (Wildman–Crippen MR) is 85.6 cm³/mol. The first kappa shape index (κ1) is 13.9. The minimum absolute atomic E-state index is 0.0275. The number of rotatable bonds is 2. The molecule has 0 bridgehead atoms. The lowest BCUT2D eigenvalue weighted by Gasteiger charge is -2.21. The molecule has 20 heavy (non-hydrogen) atoms. The standard InChI is InChI=1S/C14H13ClN2OS2/c1-8-7-16-14(19-8)17-12(18)9(2)20-13(17)10-3-5-11(15)6-4-10/h3-7,9,13H,1-2H3/t9-,13-/m1/s1. The molecule has 104 valence electrons. The van der Waals surface area contributed by atoms with Crippen LogP contribution >= 0.6 is 34.7 Å². The highest BCUT2D eigenvalue weighted by molar-refractivity contribution is 8.01. The van der Waals surface area contributed by atoms with Crippen LogP contribution in [-0.4, -0.2) is 16.1 Å². The monoisotopic (exact) mass is 324 g/mol. The zero-order valence-corrected chi connectivity index (χ0v) is 13.4. The summed E-state index contributed by atoms with van der Waals surface area (Å²) in [6, 6.07) is 7.66. The Morgan fingerprint density at radius 3 is 2.60 bits per heavy atom. The van der Waals surface area contributed by atoms with Gasteiger partial charge >= 0.3 is 0 Å². The van der Waals surface area contributed by atoms with Crippen molar-refractivity contribution >= 4 is 45.7 Å². The summed E-state index contributed by atoms with van der Waals surface area (Å²) in [5.41, 5.74) is 1.07. The summed E-state index contributed by atoms with van der Waals surface area (Å²) < 4.78 is 0. The van der Waals surface area contributed by atoms with Crippen LogP contribution in [0.4, 0.5) is 5.13 Å². The smallest absolute Gasteiger partial charge is 0.242 e. The molecule has 1 fully saturated rings. The molecule has 1 amide bonds. The van der Waals surface area contributed by atoms with Crippen molar-refractivity contribution in [3.8, 4) is 0 Å². The van der Waals surface area contributed by atoms with Gasteiger partial charge < -0.3 is 0 Å². The van der Waals surface area contributed by atoms with Crippen LogP contribution in [0.2, 0.25) is 5.02 Å². The van der Waals surface area contributed by atoms with E-state index in [0.717, 1.165) is 15.6 Å². The Bertz CT molecular complexity index is 641. The number of aromatic nitrogens is 1. The van der Waals surface area contributed by atoms with Gasteiger partial charge in [-0.05, 0) is 31.5 Å². The molecular weight excluding hydrogens is 312 g/mol. The van der Waals surface area contributed by atoms with Crippen molar-refractivity contribution in [3.05, 3.63) is 45.9 Å². The van der Waals surface area contributed by atoms with Crippen LogP contribution < -0.4 is 4.90 Å². The average Bonchev–Trinajstić information content (AvgIpc) is 2.96. The van der Waals surface area contributed by atoms with E-state index in [2.05, 4.69) is 4.98 Å². The van der Waals surface area contributed by atoms with Crippen molar-refractivity contribution in [1.29, 1.82) is 0 Å². The third-order valence-corrected chi connectivity index (χ3v) is 5.64. The van der Waals surface area contributed by atoms with Gasteiger partial charge in [-0.25, -0.2) is 4.98 Å². The Morgan fingerprint density at radius 1 is 1.30 bits per heavy atom. The summed E-state index contributed by atoms with van der Waals surface area (Å²) in [5.74, 6) is 0.115. The van der Waals surface area contributed by atoms with E-state index < -0.39 is 0 Å². The fourth-order valence-electron chi connectivity index (χ4n) is 2.13. The zero-order chi connectivity index (χ0) is 14.3. The van der Waals surface area contributed by atoms with Gasteiger partial charge in [0, 0.05) is 16.1 Å². The number of halogens is 1. The predicted octanol–water partition coefficient (Wildman–Crippen LogP) is 4.27. The number of carbonyl (C=O) groups is 1. The number of anilines is 1. The highest BCUT2D eigenvalue weighted by Crippen LogP contribution is 2.46. The number of carbonyl (C=O) groups excluding carboxylic acids is 1. The van der Waals surface area contributed by atoms with Crippen molar-refractivity contribution in [2.45, 2.75) is 24.5 Å². The molecular formula is C14H13ClN2OS2. The molecule has 0 unspecified atom stereocenters. The number of hydrogen-bond donors (Lipinski definition) is 0. The number of benzene rings is 1. The van der Waals surface area contributed by atoms with Crippen LogP contribution in [0.15, 0.2) is 30.5 Å². The first-order chi connectivity index (χ1) is 9.56. The molecule has 1 aliphatic rings. The van der Waals surface area contributed by atoms with Gasteiger partial charge in [-0.1, -0.05) is 23.7 Å². The SMILES string of the molecule is Cc1cnc(N2C(=O)[C@@H](C)S[C@@H]2c2ccc(Cl)cc2)s1. The van der Waals surface area contributed by atoms with Crippen LogP contribution in [0.5, 0.6) is 0 Å². The van der Waals surface area contributed by atoms with E-state index in [-0.39, 0.29) is 16.5 Å². The summed E-state index contributed by atoms with van der Waals surface area (Å²) in [6.07, 6.45) is 1.81. The lowest BCUT2D eigenvalue weighted by Crippen LogP contribution is -2.29. The molecule has 0 radical (unpaired) electrons. The summed E-state index contributed by atoms with van der Waals surface area (Å²) in [6.45, 7) is 3.94. The van der Waals surface area contributed by atoms with Crippen LogP contribution in [0, 0.1) is 6.92 Å². The second kappa shape index (κ2) is 5.39. The number of thioether (sulfide) groups is 1. The normalized spacial score (nSPS) is 22.6. The first-order valence-electron chi connectivity index (χ1n) is 6.22. The largest absolute Gasteiger partial charge is 0.273 e. The molecule has 3 nitrogen and oxygen atoms in total. The van der Waals surface area contributed by atoms with Crippen molar-refractivity contribution in [2.75, 3.05) is 4.90 Å². The fourth-order valence-corrected chi connectivity index (χ4v) is 4.37. The number of thiazole rings is 1. The Hall–Kier alpha value is -1.04. The van der Waals surface area contributed by atoms with Gasteiger partial charge in [0.1, 0.15) is 5.37 Å². The molecule has 3 rings (SSSR count). The van der Waals surface area contributed by atoms with E-state index in [1.54, 1.807) is 34.2 Å². The molecule has 1 aliphatic heterocycles. The average molecular weight is 325 g/mol. The molecule has 2 atom stereocenters. The van der Waals surface area contributed by atoms with Crippen molar-refractivity contribution in [3.63, 3.8) is 0 Å².